The van der Waals surface area contributed by atoms with E-state index in [-0.39, 0.29) is 36.1 Å². The molecular formula is C22H21BrN2O4. The fraction of sp³-hybridized carbons (Fsp3) is 0.318. The Hall–Kier alpha value is -2.67. The van der Waals surface area contributed by atoms with Gasteiger partial charge in [-0.2, -0.15) is 0 Å². The van der Waals surface area contributed by atoms with Crippen LogP contribution in [-0.4, -0.2) is 28.7 Å². The first kappa shape index (κ1) is 19.6. The normalized spacial score (nSPS) is 21.9. The van der Waals surface area contributed by atoms with Crippen molar-refractivity contribution in [1.82, 2.24) is 10.2 Å². The lowest BCUT2D eigenvalue weighted by Gasteiger charge is -2.22. The summed E-state index contributed by atoms with van der Waals surface area (Å²) in [7, 11) is 0. The molecular weight excluding hydrogens is 436 g/mol. The molecule has 3 atom stereocenters. The third kappa shape index (κ3) is 3.79. The molecule has 3 amide bonds. The number of hydrogen-bond acceptors (Lipinski definition) is 4. The molecule has 1 aromatic heterocycles. The summed E-state index contributed by atoms with van der Waals surface area (Å²) in [4.78, 5) is 39.0. The second kappa shape index (κ2) is 7.99. The number of amides is 3. The third-order valence-corrected chi connectivity index (χ3v) is 6.06. The van der Waals surface area contributed by atoms with Crippen LogP contribution in [0.3, 0.4) is 0 Å². The number of furan rings is 1. The first-order valence-electron chi connectivity index (χ1n) is 9.60. The van der Waals surface area contributed by atoms with Gasteiger partial charge in [0.25, 0.3) is 0 Å². The summed E-state index contributed by atoms with van der Waals surface area (Å²) in [6.07, 6.45) is 4.98. The number of carbonyl (C=O) groups excluding carboxylic acids is 3. The van der Waals surface area contributed by atoms with E-state index in [1.807, 2.05) is 42.5 Å². The topological polar surface area (TPSA) is 79.6 Å². The molecule has 2 aliphatic rings. The standard InChI is InChI=1S/C22H21BrN2O4/c1-13(25-21(27)17-4-2-3-5-18(17)22(25)28)20(26)24-12-16-10-11-19(29-16)14-6-8-15(23)9-7-14/h2-3,6-11,13,17-18H,4-5,12H2,1H3,(H,24,26)/t13-,17?,18?/m0/s1. The summed E-state index contributed by atoms with van der Waals surface area (Å²) in [6.45, 7) is 1.77. The molecule has 0 saturated carbocycles. The van der Waals surface area contributed by atoms with Gasteiger partial charge >= 0.3 is 0 Å². The highest BCUT2D eigenvalue weighted by Crippen LogP contribution is 2.36. The number of carbonyl (C=O) groups is 3. The molecule has 2 aromatic rings. The second-order valence-electron chi connectivity index (χ2n) is 7.37. The van der Waals surface area contributed by atoms with E-state index in [0.717, 1.165) is 14.9 Å². The van der Waals surface area contributed by atoms with Gasteiger partial charge in [0, 0.05) is 10.0 Å². The van der Waals surface area contributed by atoms with Gasteiger partial charge in [-0.05, 0) is 44.0 Å². The Bertz CT molecular complexity index is 953. The molecule has 29 heavy (non-hydrogen) atoms. The van der Waals surface area contributed by atoms with E-state index < -0.39 is 6.04 Å². The van der Waals surface area contributed by atoms with Crippen LogP contribution in [0.1, 0.15) is 25.5 Å². The Labute approximate surface area is 177 Å². The summed E-state index contributed by atoms with van der Waals surface area (Å²) in [6, 6.07) is 10.5. The molecule has 2 heterocycles. The zero-order valence-electron chi connectivity index (χ0n) is 15.9. The lowest BCUT2D eigenvalue weighted by molar-refractivity contribution is -0.147. The number of nitrogens with zero attached hydrogens (tertiary/aromatic N) is 1. The zero-order chi connectivity index (χ0) is 20.5. The number of imide groups is 1. The van der Waals surface area contributed by atoms with Crippen LogP contribution in [0.5, 0.6) is 0 Å². The van der Waals surface area contributed by atoms with E-state index in [2.05, 4.69) is 21.2 Å². The smallest absolute Gasteiger partial charge is 0.243 e. The zero-order valence-corrected chi connectivity index (χ0v) is 17.5. The summed E-state index contributed by atoms with van der Waals surface area (Å²) in [5.74, 6) is -0.232. The van der Waals surface area contributed by atoms with E-state index in [4.69, 9.17) is 4.42 Å². The molecule has 1 aliphatic carbocycles. The predicted octanol–water partition coefficient (Wildman–Crippen LogP) is 3.67. The van der Waals surface area contributed by atoms with Crippen LogP contribution in [0.4, 0.5) is 0 Å². The largest absolute Gasteiger partial charge is 0.459 e. The van der Waals surface area contributed by atoms with Crippen LogP contribution in [-0.2, 0) is 20.9 Å². The van der Waals surface area contributed by atoms with E-state index in [9.17, 15) is 14.4 Å². The van der Waals surface area contributed by atoms with Gasteiger partial charge in [-0.3, -0.25) is 19.3 Å². The monoisotopic (exact) mass is 456 g/mol. The van der Waals surface area contributed by atoms with Crippen LogP contribution in [0.2, 0.25) is 0 Å². The van der Waals surface area contributed by atoms with Gasteiger partial charge in [0.2, 0.25) is 17.7 Å². The van der Waals surface area contributed by atoms with Gasteiger partial charge in [-0.1, -0.05) is 40.2 Å². The second-order valence-corrected chi connectivity index (χ2v) is 8.28. The lowest BCUT2D eigenvalue weighted by atomic mass is 9.85. The number of benzene rings is 1. The predicted molar refractivity (Wildman–Crippen MR) is 110 cm³/mol. The van der Waals surface area contributed by atoms with Crippen LogP contribution >= 0.6 is 15.9 Å². The first-order chi connectivity index (χ1) is 14.0. The van der Waals surface area contributed by atoms with Crippen molar-refractivity contribution in [2.45, 2.75) is 32.4 Å². The van der Waals surface area contributed by atoms with Gasteiger partial charge in [-0.25, -0.2) is 0 Å². The molecule has 2 unspecified atom stereocenters. The third-order valence-electron chi connectivity index (χ3n) is 5.54. The Kier molecular flexibility index (Phi) is 5.41. The van der Waals surface area contributed by atoms with Gasteiger partial charge in [0.05, 0.1) is 18.4 Å². The molecule has 0 bridgehead atoms. The summed E-state index contributed by atoms with van der Waals surface area (Å²) in [5.41, 5.74) is 0.934. The molecule has 0 radical (unpaired) electrons. The molecule has 1 saturated heterocycles. The summed E-state index contributed by atoms with van der Waals surface area (Å²) in [5, 5.41) is 2.77. The first-order valence-corrected chi connectivity index (χ1v) is 10.4. The quantitative estimate of drug-likeness (QED) is 0.549. The van der Waals surface area contributed by atoms with E-state index in [0.29, 0.717) is 24.4 Å². The lowest BCUT2D eigenvalue weighted by Crippen LogP contribution is -2.48. The average Bonchev–Trinajstić information content (AvgIpc) is 3.30. The van der Waals surface area contributed by atoms with Gasteiger partial charge in [0.1, 0.15) is 17.6 Å². The van der Waals surface area contributed by atoms with E-state index >= 15 is 0 Å². The van der Waals surface area contributed by atoms with Crippen LogP contribution in [0.15, 0.2) is 57.4 Å². The maximum Gasteiger partial charge on any atom is 0.243 e. The summed E-state index contributed by atoms with van der Waals surface area (Å²) >= 11 is 3.40. The van der Waals surface area contributed by atoms with Crippen molar-refractivity contribution in [2.24, 2.45) is 11.8 Å². The van der Waals surface area contributed by atoms with Crippen molar-refractivity contribution in [3.05, 3.63) is 58.8 Å². The molecule has 0 spiro atoms. The number of allylic oxidation sites excluding steroid dienone is 2. The highest BCUT2D eigenvalue weighted by molar-refractivity contribution is 9.10. The Morgan fingerprint density at radius 2 is 1.72 bits per heavy atom. The minimum absolute atomic E-state index is 0.185. The maximum absolute atomic E-state index is 12.6. The van der Waals surface area contributed by atoms with E-state index in [1.165, 1.54) is 0 Å². The molecule has 1 aromatic carbocycles. The number of halogens is 1. The van der Waals surface area contributed by atoms with Gasteiger partial charge < -0.3 is 9.73 Å². The number of hydrogen-bond donors (Lipinski definition) is 1. The molecule has 1 aliphatic heterocycles. The molecule has 1 N–H and O–H groups in total. The van der Waals surface area contributed by atoms with Crippen molar-refractivity contribution in [3.63, 3.8) is 0 Å². The van der Waals surface area contributed by atoms with Crippen molar-refractivity contribution in [2.75, 3.05) is 0 Å². The minimum Gasteiger partial charge on any atom is -0.459 e. The molecule has 4 rings (SSSR count). The molecule has 7 heteroatoms. The van der Waals surface area contributed by atoms with Crippen LogP contribution in [0, 0.1) is 11.8 Å². The van der Waals surface area contributed by atoms with Gasteiger partial charge in [0.15, 0.2) is 0 Å². The fourth-order valence-corrected chi connectivity index (χ4v) is 4.15. The Morgan fingerprint density at radius 1 is 1.10 bits per heavy atom. The SMILES string of the molecule is C[C@@H](C(=O)NCc1ccc(-c2ccc(Br)cc2)o1)N1C(=O)C2CC=CCC2C1=O. The van der Waals surface area contributed by atoms with Crippen molar-refractivity contribution >= 4 is 33.7 Å². The fourth-order valence-electron chi connectivity index (χ4n) is 3.89. The highest BCUT2D eigenvalue weighted by Gasteiger charge is 2.50. The highest BCUT2D eigenvalue weighted by atomic mass is 79.9. The average molecular weight is 457 g/mol. The van der Waals surface area contributed by atoms with Crippen LogP contribution < -0.4 is 5.32 Å². The number of likely N-dealkylation sites (tertiary alicyclic amines) is 1. The van der Waals surface area contributed by atoms with Crippen molar-refractivity contribution in [3.8, 4) is 11.3 Å². The Balaban J connectivity index is 1.38. The number of rotatable bonds is 5. The molecule has 1 fully saturated rings. The molecule has 6 nitrogen and oxygen atoms in total. The molecule has 150 valence electrons. The van der Waals surface area contributed by atoms with Crippen LogP contribution in [0.25, 0.3) is 11.3 Å². The summed E-state index contributed by atoms with van der Waals surface area (Å²) < 4.78 is 6.78. The minimum atomic E-state index is -0.846. The van der Waals surface area contributed by atoms with Gasteiger partial charge in [-0.15, -0.1) is 0 Å². The maximum atomic E-state index is 12.6. The van der Waals surface area contributed by atoms with E-state index in [1.54, 1.807) is 13.0 Å². The number of fused-ring (bicyclic) bond motifs is 1. The van der Waals surface area contributed by atoms with Crippen molar-refractivity contribution < 1.29 is 18.8 Å². The number of nitrogens with one attached hydrogen (secondary N) is 1. The van der Waals surface area contributed by atoms with Crippen molar-refractivity contribution in [1.29, 1.82) is 0 Å². The Morgan fingerprint density at radius 3 is 2.34 bits per heavy atom.